The molecular weight excluding hydrogens is 223 g/mol. The van der Waals surface area contributed by atoms with Crippen LogP contribution in [0.3, 0.4) is 0 Å². The quantitative estimate of drug-likeness (QED) is 0.562. The highest BCUT2D eigenvalue weighted by Crippen LogP contribution is 2.56. The van der Waals surface area contributed by atoms with Crippen molar-refractivity contribution < 1.29 is 4.39 Å². The van der Waals surface area contributed by atoms with Gasteiger partial charge >= 0.3 is 0 Å². The summed E-state index contributed by atoms with van der Waals surface area (Å²) >= 11 is 0. The van der Waals surface area contributed by atoms with Crippen molar-refractivity contribution in [3.8, 4) is 0 Å². The predicted octanol–water partition coefficient (Wildman–Crippen LogP) is 5.56. The van der Waals surface area contributed by atoms with Crippen LogP contribution in [0.1, 0.15) is 53.9 Å². The Balaban J connectivity index is 2.99. The van der Waals surface area contributed by atoms with Crippen LogP contribution in [-0.2, 0) is 0 Å². The molecule has 0 radical (unpaired) electrons. The Morgan fingerprint density at radius 1 is 1.50 bits per heavy atom. The lowest BCUT2D eigenvalue weighted by Gasteiger charge is -2.40. The van der Waals surface area contributed by atoms with E-state index in [-0.39, 0.29) is 11.3 Å². The average molecular weight is 252 g/mol. The first-order valence-electron chi connectivity index (χ1n) is 7.31. The molecule has 1 aliphatic rings. The van der Waals surface area contributed by atoms with E-state index < -0.39 is 6.17 Å². The van der Waals surface area contributed by atoms with E-state index in [2.05, 4.69) is 47.3 Å². The molecule has 0 amide bonds. The normalized spacial score (nSPS) is 36.4. The zero-order valence-electron chi connectivity index (χ0n) is 12.7. The van der Waals surface area contributed by atoms with Crippen molar-refractivity contribution >= 4 is 0 Å². The highest BCUT2D eigenvalue weighted by molar-refractivity contribution is 5.13. The van der Waals surface area contributed by atoms with Crippen molar-refractivity contribution in [3.05, 3.63) is 24.3 Å². The van der Waals surface area contributed by atoms with Crippen LogP contribution in [0, 0.1) is 23.2 Å². The molecule has 0 heterocycles. The summed E-state index contributed by atoms with van der Waals surface area (Å²) in [6.45, 7) is 14.6. The summed E-state index contributed by atoms with van der Waals surface area (Å²) in [5.74, 6) is 1.18. The third kappa shape index (κ3) is 2.55. The zero-order chi connectivity index (χ0) is 13.9. The third-order valence-electron chi connectivity index (χ3n) is 5.54. The maximum atomic E-state index is 13.9. The van der Waals surface area contributed by atoms with E-state index in [0.717, 1.165) is 12.8 Å². The van der Waals surface area contributed by atoms with Crippen molar-refractivity contribution in [2.45, 2.75) is 60.1 Å². The first-order valence-corrected chi connectivity index (χ1v) is 7.31. The van der Waals surface area contributed by atoms with Crippen LogP contribution < -0.4 is 0 Å². The molecule has 1 saturated carbocycles. The molecule has 104 valence electrons. The Morgan fingerprint density at radius 3 is 2.56 bits per heavy atom. The van der Waals surface area contributed by atoms with E-state index in [1.54, 1.807) is 0 Å². The summed E-state index contributed by atoms with van der Waals surface area (Å²) in [6.07, 6.45) is 6.31. The van der Waals surface area contributed by atoms with E-state index in [1.807, 2.05) is 0 Å². The summed E-state index contributed by atoms with van der Waals surface area (Å²) in [5, 5.41) is 0. The average Bonchev–Trinajstić information content (AvgIpc) is 2.74. The number of hydrogen-bond acceptors (Lipinski definition) is 0. The third-order valence-corrected chi connectivity index (χ3v) is 5.54. The molecule has 3 unspecified atom stereocenters. The lowest BCUT2D eigenvalue weighted by atomic mass is 9.65. The van der Waals surface area contributed by atoms with Gasteiger partial charge in [0.2, 0.25) is 0 Å². The van der Waals surface area contributed by atoms with E-state index >= 15 is 0 Å². The molecule has 5 atom stereocenters. The summed E-state index contributed by atoms with van der Waals surface area (Å²) < 4.78 is 13.9. The van der Waals surface area contributed by atoms with Crippen molar-refractivity contribution in [2.24, 2.45) is 23.2 Å². The molecule has 0 nitrogen and oxygen atoms in total. The lowest BCUT2D eigenvalue weighted by molar-refractivity contribution is 0.0903. The van der Waals surface area contributed by atoms with Crippen LogP contribution >= 0.6 is 0 Å². The maximum absolute atomic E-state index is 13.9. The summed E-state index contributed by atoms with van der Waals surface area (Å²) in [4.78, 5) is 0. The van der Waals surface area contributed by atoms with E-state index in [4.69, 9.17) is 0 Å². The number of hydrogen-bond donors (Lipinski definition) is 0. The van der Waals surface area contributed by atoms with Crippen molar-refractivity contribution in [1.82, 2.24) is 0 Å². The molecule has 1 heteroatoms. The molecule has 0 aliphatic heterocycles. The second kappa shape index (κ2) is 6.04. The standard InChI is InChI=1S/C17H29F/c1-7-12(4)14-10-11-15(17(14,6)9-3)13(5)16(18)8-2/h7-8,13-16H,2,9-11H2,1,3-6H3/b12-7+/t13-,14?,15?,16?,17-/m0/s1. The monoisotopic (exact) mass is 252 g/mol. The molecule has 0 saturated heterocycles. The van der Waals surface area contributed by atoms with E-state index in [0.29, 0.717) is 11.8 Å². The first kappa shape index (κ1) is 15.5. The van der Waals surface area contributed by atoms with Crippen LogP contribution in [0.5, 0.6) is 0 Å². The minimum absolute atomic E-state index is 0.0853. The maximum Gasteiger partial charge on any atom is 0.121 e. The van der Waals surface area contributed by atoms with Crippen LogP contribution in [-0.4, -0.2) is 6.17 Å². The number of alkyl halides is 1. The summed E-state index contributed by atoms with van der Waals surface area (Å²) in [7, 11) is 0. The van der Waals surface area contributed by atoms with Crippen molar-refractivity contribution in [2.75, 3.05) is 0 Å². The topological polar surface area (TPSA) is 0 Å². The van der Waals surface area contributed by atoms with Gasteiger partial charge < -0.3 is 0 Å². The largest absolute Gasteiger partial charge is 0.243 e. The fourth-order valence-electron chi connectivity index (χ4n) is 4.02. The number of halogens is 1. The van der Waals surface area contributed by atoms with Gasteiger partial charge in [0.1, 0.15) is 6.17 Å². The summed E-state index contributed by atoms with van der Waals surface area (Å²) in [6, 6.07) is 0. The van der Waals surface area contributed by atoms with Crippen LogP contribution in [0.25, 0.3) is 0 Å². The van der Waals surface area contributed by atoms with E-state index in [9.17, 15) is 4.39 Å². The molecular formula is C17H29F. The van der Waals surface area contributed by atoms with Crippen LogP contribution in [0.15, 0.2) is 24.3 Å². The van der Waals surface area contributed by atoms with Gasteiger partial charge in [-0.2, -0.15) is 0 Å². The van der Waals surface area contributed by atoms with Crippen molar-refractivity contribution in [1.29, 1.82) is 0 Å². The molecule has 1 rings (SSSR count). The molecule has 0 aromatic rings. The van der Waals surface area contributed by atoms with Gasteiger partial charge in [-0.15, -0.1) is 6.58 Å². The fraction of sp³-hybridized carbons (Fsp3) is 0.765. The highest BCUT2D eigenvalue weighted by Gasteiger charge is 2.48. The highest BCUT2D eigenvalue weighted by atomic mass is 19.1. The smallest absolute Gasteiger partial charge is 0.121 e. The molecule has 1 aliphatic carbocycles. The van der Waals surface area contributed by atoms with E-state index in [1.165, 1.54) is 18.1 Å². The minimum atomic E-state index is -0.870. The van der Waals surface area contributed by atoms with Gasteiger partial charge in [0.15, 0.2) is 0 Å². The Hall–Kier alpha value is -0.590. The Labute approximate surface area is 112 Å². The molecule has 18 heavy (non-hydrogen) atoms. The van der Waals surface area contributed by atoms with Gasteiger partial charge in [0.25, 0.3) is 0 Å². The van der Waals surface area contributed by atoms with Gasteiger partial charge in [-0.1, -0.05) is 38.5 Å². The molecule has 0 bridgehead atoms. The first-order chi connectivity index (χ1) is 8.42. The van der Waals surface area contributed by atoms with Gasteiger partial charge in [0.05, 0.1) is 0 Å². The van der Waals surface area contributed by atoms with Gasteiger partial charge in [-0.25, -0.2) is 4.39 Å². The molecule has 0 spiro atoms. The van der Waals surface area contributed by atoms with Gasteiger partial charge in [-0.3, -0.25) is 0 Å². The predicted molar refractivity (Wildman–Crippen MR) is 78.3 cm³/mol. The van der Waals surface area contributed by atoms with Crippen molar-refractivity contribution in [3.63, 3.8) is 0 Å². The Morgan fingerprint density at radius 2 is 2.11 bits per heavy atom. The SMILES string of the molecule is C=CC(F)[C@@H](C)C1CCC(/C(C)=C/C)[C@]1(C)CC. The second-order valence-corrected chi connectivity index (χ2v) is 6.17. The molecule has 0 aromatic carbocycles. The number of allylic oxidation sites excluding steroid dienone is 3. The second-order valence-electron chi connectivity index (χ2n) is 6.17. The number of rotatable bonds is 5. The van der Waals surface area contributed by atoms with Gasteiger partial charge in [-0.05, 0) is 56.3 Å². The Kier molecular flexibility index (Phi) is 5.19. The molecule has 0 aromatic heterocycles. The fourth-order valence-corrected chi connectivity index (χ4v) is 4.02. The van der Waals surface area contributed by atoms with Crippen LogP contribution in [0.4, 0.5) is 4.39 Å². The Bertz CT molecular complexity index is 318. The summed E-state index contributed by atoms with van der Waals surface area (Å²) in [5.41, 5.74) is 1.71. The van der Waals surface area contributed by atoms with Gasteiger partial charge in [0, 0.05) is 0 Å². The molecule has 1 fully saturated rings. The molecule has 0 N–H and O–H groups in total. The minimum Gasteiger partial charge on any atom is -0.243 e. The zero-order valence-corrected chi connectivity index (χ0v) is 12.7. The van der Waals surface area contributed by atoms with Crippen LogP contribution in [0.2, 0.25) is 0 Å². The lowest BCUT2D eigenvalue weighted by Crippen LogP contribution is -2.35.